The van der Waals surface area contributed by atoms with Gasteiger partial charge in [0.2, 0.25) is 5.89 Å². The van der Waals surface area contributed by atoms with E-state index in [-0.39, 0.29) is 24.2 Å². The van der Waals surface area contributed by atoms with Crippen molar-refractivity contribution in [2.24, 2.45) is 0 Å². The van der Waals surface area contributed by atoms with Crippen molar-refractivity contribution in [1.82, 2.24) is 10.2 Å². The van der Waals surface area contributed by atoms with Gasteiger partial charge in [0.1, 0.15) is 5.76 Å². The number of aliphatic hydroxyl groups is 1. The van der Waals surface area contributed by atoms with E-state index in [1.54, 1.807) is 0 Å². The predicted molar refractivity (Wildman–Crippen MR) is 92.2 cm³/mol. The molecule has 1 heterocycles. The van der Waals surface area contributed by atoms with Crippen LogP contribution in [-0.4, -0.2) is 15.3 Å². The first kappa shape index (κ1) is 18.3. The third kappa shape index (κ3) is 4.72. The summed E-state index contributed by atoms with van der Waals surface area (Å²) in [5.74, 6) is 0.782. The van der Waals surface area contributed by atoms with Crippen LogP contribution >= 0.6 is 11.8 Å². The molecule has 2 aromatic carbocycles. The predicted octanol–water partition coefficient (Wildman–Crippen LogP) is 1.82. The smallest absolute Gasteiger partial charge is 1.00 e. The number of aromatic nitrogens is 2. The zero-order valence-electron chi connectivity index (χ0n) is 14.0. The van der Waals surface area contributed by atoms with Crippen molar-refractivity contribution in [2.45, 2.75) is 18.6 Å². The number of rotatable bonds is 5. The SMILES string of the molecule is C/C(Sc1nnc(Cc2ccccc2)o1)=C(/O)c1ccccc1.[Br-].[H+]. The molecule has 1 N–H and O–H groups in total. The lowest BCUT2D eigenvalue weighted by Gasteiger charge is -2.03. The van der Waals surface area contributed by atoms with Gasteiger partial charge in [0.05, 0.1) is 6.42 Å². The van der Waals surface area contributed by atoms with Crippen LogP contribution in [0.5, 0.6) is 0 Å². The summed E-state index contributed by atoms with van der Waals surface area (Å²) in [6.45, 7) is 1.83. The second kappa shape index (κ2) is 8.70. The molecule has 6 heteroatoms. The lowest BCUT2D eigenvalue weighted by atomic mass is 10.2. The van der Waals surface area contributed by atoms with E-state index in [9.17, 15) is 5.11 Å². The van der Waals surface area contributed by atoms with E-state index in [2.05, 4.69) is 10.2 Å². The van der Waals surface area contributed by atoms with Gasteiger partial charge in [-0.05, 0) is 24.2 Å². The van der Waals surface area contributed by atoms with Crippen molar-refractivity contribution < 1.29 is 27.9 Å². The lowest BCUT2D eigenvalue weighted by molar-refractivity contribution is -0.00000629. The van der Waals surface area contributed by atoms with Crippen LogP contribution in [0.1, 0.15) is 25.4 Å². The molecule has 0 fully saturated rings. The molecule has 0 saturated heterocycles. The highest BCUT2D eigenvalue weighted by Crippen LogP contribution is 2.30. The minimum absolute atomic E-state index is 0. The van der Waals surface area contributed by atoms with Crippen molar-refractivity contribution >= 4 is 17.5 Å². The average Bonchev–Trinajstić information content (AvgIpc) is 3.02. The van der Waals surface area contributed by atoms with Crippen LogP contribution in [0.4, 0.5) is 0 Å². The molecule has 124 valence electrons. The zero-order valence-corrected chi connectivity index (χ0v) is 15.4. The zero-order chi connectivity index (χ0) is 16.1. The number of aliphatic hydroxyl groups excluding tert-OH is 1. The quantitative estimate of drug-likeness (QED) is 0.519. The van der Waals surface area contributed by atoms with E-state index in [1.807, 2.05) is 67.6 Å². The fourth-order valence-corrected chi connectivity index (χ4v) is 2.80. The summed E-state index contributed by atoms with van der Waals surface area (Å²) < 4.78 is 5.64. The largest absolute Gasteiger partial charge is 1.00 e. The molecule has 0 amide bonds. The standard InChI is InChI=1S/C18H16N2O2S.BrH/c1-13(17(21)15-10-6-3-7-11-15)23-18-20-19-16(22-18)12-14-8-4-2-5-9-14;/h2-11,21H,12H2,1H3;1H/b17-13-;. The maximum atomic E-state index is 10.3. The Hall–Kier alpha value is -2.05. The van der Waals surface area contributed by atoms with E-state index in [0.717, 1.165) is 11.1 Å². The normalized spacial score (nSPS) is 11.5. The van der Waals surface area contributed by atoms with Crippen LogP contribution in [0.3, 0.4) is 0 Å². The third-order valence-corrected chi connectivity index (χ3v) is 4.11. The van der Waals surface area contributed by atoms with Gasteiger partial charge < -0.3 is 26.5 Å². The molecule has 4 nitrogen and oxygen atoms in total. The Morgan fingerprint density at radius 1 is 1.04 bits per heavy atom. The van der Waals surface area contributed by atoms with Crippen LogP contribution in [-0.2, 0) is 6.42 Å². The van der Waals surface area contributed by atoms with Crippen molar-refractivity contribution in [2.75, 3.05) is 0 Å². The highest BCUT2D eigenvalue weighted by molar-refractivity contribution is 8.03. The summed E-state index contributed by atoms with van der Waals surface area (Å²) in [5.41, 5.74) is 1.88. The number of nitrogens with zero attached hydrogens (tertiary/aromatic N) is 2. The molecule has 0 aliphatic heterocycles. The van der Waals surface area contributed by atoms with Crippen LogP contribution in [0, 0.1) is 0 Å². The summed E-state index contributed by atoms with van der Waals surface area (Å²) in [6, 6.07) is 19.3. The number of hydrogen-bond acceptors (Lipinski definition) is 5. The maximum Gasteiger partial charge on any atom is 1.00 e. The summed E-state index contributed by atoms with van der Waals surface area (Å²) >= 11 is 1.27. The van der Waals surface area contributed by atoms with Crippen LogP contribution in [0.15, 0.2) is 75.2 Å². The average molecular weight is 405 g/mol. The Morgan fingerprint density at radius 3 is 2.33 bits per heavy atom. The Labute approximate surface area is 156 Å². The number of benzene rings is 2. The summed E-state index contributed by atoms with van der Waals surface area (Å²) in [4.78, 5) is 0.714. The van der Waals surface area contributed by atoms with Crippen LogP contribution in [0.25, 0.3) is 5.76 Å². The molecule has 0 bridgehead atoms. The van der Waals surface area contributed by atoms with Gasteiger partial charge in [-0.1, -0.05) is 60.7 Å². The van der Waals surface area contributed by atoms with Crippen molar-refractivity contribution in [1.29, 1.82) is 0 Å². The first-order valence-electron chi connectivity index (χ1n) is 7.22. The highest BCUT2D eigenvalue weighted by atomic mass is 79.9. The fourth-order valence-electron chi connectivity index (χ4n) is 2.10. The second-order valence-electron chi connectivity index (χ2n) is 5.00. The fraction of sp³-hybridized carbons (Fsp3) is 0.111. The molecular weight excluding hydrogens is 388 g/mol. The molecule has 0 spiro atoms. The van der Waals surface area contributed by atoms with Crippen LogP contribution in [0.2, 0.25) is 0 Å². The van der Waals surface area contributed by atoms with Gasteiger partial charge in [0.25, 0.3) is 5.22 Å². The molecular formula is C18H17BrN2O2S. The van der Waals surface area contributed by atoms with E-state index in [1.165, 1.54) is 11.8 Å². The Kier molecular flexibility index (Phi) is 6.63. The molecule has 0 aliphatic rings. The Morgan fingerprint density at radius 2 is 1.67 bits per heavy atom. The molecule has 3 rings (SSSR count). The van der Waals surface area contributed by atoms with E-state index < -0.39 is 0 Å². The third-order valence-electron chi connectivity index (χ3n) is 3.27. The minimum atomic E-state index is 0. The molecule has 3 aromatic rings. The summed E-state index contributed by atoms with van der Waals surface area (Å²) in [6.07, 6.45) is 0.599. The van der Waals surface area contributed by atoms with Gasteiger partial charge in [-0.2, -0.15) is 0 Å². The number of allylic oxidation sites excluding steroid dienone is 1. The maximum absolute atomic E-state index is 10.3. The lowest BCUT2D eigenvalue weighted by Crippen LogP contribution is -3.00. The molecule has 24 heavy (non-hydrogen) atoms. The van der Waals surface area contributed by atoms with Gasteiger partial charge in [-0.3, -0.25) is 0 Å². The van der Waals surface area contributed by atoms with E-state index in [0.29, 0.717) is 22.4 Å². The molecule has 0 radical (unpaired) electrons. The number of hydrogen-bond donors (Lipinski definition) is 1. The first-order valence-corrected chi connectivity index (χ1v) is 8.03. The van der Waals surface area contributed by atoms with Gasteiger partial charge in [0.15, 0.2) is 0 Å². The topological polar surface area (TPSA) is 59.2 Å². The first-order chi connectivity index (χ1) is 11.2. The minimum Gasteiger partial charge on any atom is -1.00 e. The second-order valence-corrected chi connectivity index (χ2v) is 6.16. The molecule has 0 atom stereocenters. The van der Waals surface area contributed by atoms with Crippen molar-refractivity contribution in [3.63, 3.8) is 0 Å². The Bertz CT molecular complexity index is 810. The van der Waals surface area contributed by atoms with E-state index >= 15 is 0 Å². The van der Waals surface area contributed by atoms with Crippen molar-refractivity contribution in [3.05, 3.63) is 82.6 Å². The van der Waals surface area contributed by atoms with Crippen molar-refractivity contribution in [3.8, 4) is 0 Å². The highest BCUT2D eigenvalue weighted by Gasteiger charge is 2.11. The molecule has 0 aliphatic carbocycles. The van der Waals surface area contributed by atoms with Crippen LogP contribution < -0.4 is 17.0 Å². The number of halogens is 1. The molecule has 1 aromatic heterocycles. The van der Waals surface area contributed by atoms with Gasteiger partial charge in [0, 0.05) is 10.5 Å². The Balaban J connectivity index is 0.00000156. The van der Waals surface area contributed by atoms with Gasteiger partial charge in [-0.25, -0.2) is 0 Å². The summed E-state index contributed by atoms with van der Waals surface area (Å²) in [7, 11) is 0. The van der Waals surface area contributed by atoms with E-state index in [4.69, 9.17) is 4.42 Å². The summed E-state index contributed by atoms with van der Waals surface area (Å²) in [5, 5.41) is 18.8. The molecule has 0 saturated carbocycles. The van der Waals surface area contributed by atoms with Gasteiger partial charge in [-0.15, -0.1) is 10.2 Å². The number of thioether (sulfide) groups is 1. The monoisotopic (exact) mass is 404 g/mol. The van der Waals surface area contributed by atoms with Gasteiger partial charge >= 0.3 is 1.43 Å². The molecule has 0 unspecified atom stereocenters.